The van der Waals surface area contributed by atoms with Crippen LogP contribution < -0.4 is 11.5 Å². The Morgan fingerprint density at radius 3 is 2.26 bits per heavy atom. The number of nitrogens with two attached hydrogens (primary N) is 2. The molecule has 1 aromatic carbocycles. The molecule has 5 nitrogen and oxygen atoms in total. The largest absolute Gasteiger partial charge is 0.482 e. The lowest BCUT2D eigenvalue weighted by atomic mass is 9.83. The molecule has 0 saturated carbocycles. The number of carbonyl (C=O) groups excluding carboxylic acids is 2. The van der Waals surface area contributed by atoms with Gasteiger partial charge >= 0.3 is 0 Å². The Labute approximate surface area is 135 Å². The highest BCUT2D eigenvalue weighted by Crippen LogP contribution is 2.29. The van der Waals surface area contributed by atoms with Gasteiger partial charge in [-0.2, -0.15) is 0 Å². The van der Waals surface area contributed by atoms with E-state index in [-0.39, 0.29) is 23.9 Å². The molecular weight excluding hydrogens is 292 g/mol. The monoisotopic (exact) mass is 312 g/mol. The Kier molecular flexibility index (Phi) is 4.69. The number of allylic oxidation sites excluding steroid dienone is 4. The van der Waals surface area contributed by atoms with Crippen molar-refractivity contribution in [3.05, 3.63) is 69.8 Å². The van der Waals surface area contributed by atoms with Crippen LogP contribution in [0, 0.1) is 0 Å². The van der Waals surface area contributed by atoms with E-state index < -0.39 is 0 Å². The van der Waals surface area contributed by atoms with E-state index in [1.54, 1.807) is 44.2 Å². The fourth-order valence-corrected chi connectivity index (χ4v) is 2.53. The summed E-state index contributed by atoms with van der Waals surface area (Å²) in [5, 5.41) is 0. The zero-order chi connectivity index (χ0) is 17.1. The number of benzene rings is 1. The number of Topliss-reactive ketones (excluding diaryl/α,β-unsaturated/α-hetero) is 2. The van der Waals surface area contributed by atoms with Crippen molar-refractivity contribution in [3.63, 3.8) is 0 Å². The summed E-state index contributed by atoms with van der Waals surface area (Å²) in [7, 11) is 1.47. The second-order valence-corrected chi connectivity index (χ2v) is 5.45. The van der Waals surface area contributed by atoms with Crippen LogP contribution in [0.15, 0.2) is 58.6 Å². The molecule has 23 heavy (non-hydrogen) atoms. The SMILES string of the molecule is CO/C(N)=C(C)/C=C(\N)CC1=C(C)C(=O)c2ccccc2C1=O. The Morgan fingerprint density at radius 2 is 1.70 bits per heavy atom. The lowest BCUT2D eigenvalue weighted by molar-refractivity contribution is 0.0973. The first-order valence-electron chi connectivity index (χ1n) is 7.21. The molecular formula is C18H20N2O3. The molecule has 1 aliphatic rings. The predicted molar refractivity (Wildman–Crippen MR) is 88.6 cm³/mol. The molecule has 0 fully saturated rings. The molecule has 1 aromatic rings. The molecule has 1 aliphatic carbocycles. The van der Waals surface area contributed by atoms with E-state index in [4.69, 9.17) is 16.2 Å². The van der Waals surface area contributed by atoms with Gasteiger partial charge in [-0.25, -0.2) is 0 Å². The first-order valence-corrected chi connectivity index (χ1v) is 7.21. The first kappa shape index (κ1) is 16.5. The number of rotatable bonds is 4. The number of hydrogen-bond acceptors (Lipinski definition) is 5. The van der Waals surface area contributed by atoms with Gasteiger partial charge in [0.2, 0.25) is 0 Å². The molecule has 120 valence electrons. The first-order chi connectivity index (χ1) is 10.9. The van der Waals surface area contributed by atoms with E-state index in [0.29, 0.717) is 33.5 Å². The highest BCUT2D eigenvalue weighted by Gasteiger charge is 2.29. The molecule has 0 aromatic heterocycles. The molecule has 5 heteroatoms. The minimum absolute atomic E-state index is 0.133. The molecule has 0 saturated heterocycles. The summed E-state index contributed by atoms with van der Waals surface area (Å²) in [6, 6.07) is 6.82. The standard InChI is InChI=1S/C18H20N2O3/c1-10(18(20)23-3)8-12(19)9-15-11(2)16(21)13-6-4-5-7-14(13)17(15)22/h4-8H,9,19-20H2,1-3H3/b12-8-,18-10+. The summed E-state index contributed by atoms with van der Waals surface area (Å²) in [6.07, 6.45) is 1.84. The van der Waals surface area contributed by atoms with Gasteiger partial charge in [-0.1, -0.05) is 24.3 Å². The van der Waals surface area contributed by atoms with Crippen LogP contribution in [0.1, 0.15) is 41.0 Å². The van der Waals surface area contributed by atoms with Crippen LogP contribution in [0.25, 0.3) is 0 Å². The number of ether oxygens (including phenoxy) is 1. The number of fused-ring (bicyclic) bond motifs is 1. The Balaban J connectivity index is 2.37. The molecule has 4 N–H and O–H groups in total. The van der Waals surface area contributed by atoms with E-state index >= 15 is 0 Å². The summed E-state index contributed by atoms with van der Waals surface area (Å²) in [4.78, 5) is 25.0. The average Bonchev–Trinajstić information content (AvgIpc) is 2.55. The van der Waals surface area contributed by atoms with E-state index in [1.165, 1.54) is 7.11 Å². The Morgan fingerprint density at radius 1 is 1.13 bits per heavy atom. The topological polar surface area (TPSA) is 95.4 Å². The summed E-state index contributed by atoms with van der Waals surface area (Å²) >= 11 is 0. The van der Waals surface area contributed by atoms with E-state index in [9.17, 15) is 9.59 Å². The summed E-state index contributed by atoms with van der Waals surface area (Å²) < 4.78 is 4.93. The van der Waals surface area contributed by atoms with Crippen molar-refractivity contribution in [2.45, 2.75) is 20.3 Å². The third-order valence-corrected chi connectivity index (χ3v) is 3.88. The maximum absolute atomic E-state index is 12.6. The van der Waals surface area contributed by atoms with Gasteiger partial charge in [-0.05, 0) is 19.9 Å². The molecule has 0 radical (unpaired) electrons. The van der Waals surface area contributed by atoms with E-state index in [0.717, 1.165) is 0 Å². The lowest BCUT2D eigenvalue weighted by Crippen LogP contribution is -2.22. The minimum Gasteiger partial charge on any atom is -0.482 e. The molecule has 0 atom stereocenters. The Bertz CT molecular complexity index is 770. The summed E-state index contributed by atoms with van der Waals surface area (Å²) in [6.45, 7) is 3.42. The zero-order valence-electron chi connectivity index (χ0n) is 13.5. The predicted octanol–water partition coefficient (Wildman–Crippen LogP) is 2.45. The van der Waals surface area contributed by atoms with Crippen molar-refractivity contribution in [1.82, 2.24) is 0 Å². The van der Waals surface area contributed by atoms with E-state index in [1.807, 2.05) is 0 Å². The molecule has 0 heterocycles. The van der Waals surface area contributed by atoms with Crippen LogP contribution in [0.4, 0.5) is 0 Å². The molecule has 0 bridgehead atoms. The molecule has 0 amide bonds. The van der Waals surface area contributed by atoms with Gasteiger partial charge in [-0.3, -0.25) is 9.59 Å². The lowest BCUT2D eigenvalue weighted by Gasteiger charge is -2.19. The molecule has 2 rings (SSSR count). The van der Waals surface area contributed by atoms with Gasteiger partial charge in [0.1, 0.15) is 0 Å². The summed E-state index contributed by atoms with van der Waals surface area (Å²) in [5.74, 6) is -0.0305. The van der Waals surface area contributed by atoms with Crippen LogP contribution >= 0.6 is 0 Å². The molecule has 0 aliphatic heterocycles. The fourth-order valence-electron chi connectivity index (χ4n) is 2.53. The summed E-state index contributed by atoms with van der Waals surface area (Å²) in [5.41, 5.74) is 14.5. The van der Waals surface area contributed by atoms with Gasteiger partial charge in [0, 0.05) is 40.0 Å². The Hall–Kier alpha value is -2.82. The van der Waals surface area contributed by atoms with Gasteiger partial charge in [-0.15, -0.1) is 0 Å². The van der Waals surface area contributed by atoms with Gasteiger partial charge < -0.3 is 16.2 Å². The van der Waals surface area contributed by atoms with Gasteiger partial charge in [0.25, 0.3) is 0 Å². The van der Waals surface area contributed by atoms with Crippen molar-refractivity contribution in [1.29, 1.82) is 0 Å². The van der Waals surface area contributed by atoms with Crippen molar-refractivity contribution >= 4 is 11.6 Å². The van der Waals surface area contributed by atoms with Crippen LogP contribution in [0.5, 0.6) is 0 Å². The number of ketones is 2. The van der Waals surface area contributed by atoms with Crippen molar-refractivity contribution in [2.24, 2.45) is 11.5 Å². The maximum atomic E-state index is 12.6. The third-order valence-electron chi connectivity index (χ3n) is 3.88. The second kappa shape index (κ2) is 6.52. The smallest absolute Gasteiger partial charge is 0.190 e. The highest BCUT2D eigenvalue weighted by molar-refractivity contribution is 6.26. The van der Waals surface area contributed by atoms with Crippen LogP contribution in [-0.4, -0.2) is 18.7 Å². The van der Waals surface area contributed by atoms with Crippen LogP contribution in [0.2, 0.25) is 0 Å². The number of hydrogen-bond donors (Lipinski definition) is 2. The van der Waals surface area contributed by atoms with Crippen LogP contribution in [-0.2, 0) is 4.74 Å². The zero-order valence-corrected chi connectivity index (χ0v) is 13.5. The van der Waals surface area contributed by atoms with Crippen molar-refractivity contribution < 1.29 is 14.3 Å². The second-order valence-electron chi connectivity index (χ2n) is 5.45. The maximum Gasteiger partial charge on any atom is 0.190 e. The van der Waals surface area contributed by atoms with Gasteiger partial charge in [0.05, 0.1) is 7.11 Å². The highest BCUT2D eigenvalue weighted by atomic mass is 16.5. The molecule has 0 unspecified atom stereocenters. The van der Waals surface area contributed by atoms with Crippen molar-refractivity contribution in [2.75, 3.05) is 7.11 Å². The quantitative estimate of drug-likeness (QED) is 0.657. The number of methoxy groups -OCH3 is 1. The minimum atomic E-state index is -0.157. The van der Waals surface area contributed by atoms with Crippen LogP contribution in [0.3, 0.4) is 0 Å². The van der Waals surface area contributed by atoms with Crippen molar-refractivity contribution in [3.8, 4) is 0 Å². The molecule has 0 spiro atoms. The van der Waals surface area contributed by atoms with E-state index in [2.05, 4.69) is 0 Å². The third kappa shape index (κ3) is 3.18. The number of carbonyl (C=O) groups is 2. The normalized spacial score (nSPS) is 16.2. The average molecular weight is 312 g/mol. The van der Waals surface area contributed by atoms with Gasteiger partial charge in [0.15, 0.2) is 17.4 Å². The fraction of sp³-hybridized carbons (Fsp3) is 0.222.